The normalized spacial score (nSPS) is 10.1. The lowest BCUT2D eigenvalue weighted by Gasteiger charge is -2.15. The molecule has 0 saturated carbocycles. The van der Waals surface area contributed by atoms with Gasteiger partial charge >= 0.3 is 0 Å². The van der Waals surface area contributed by atoms with Crippen LogP contribution in [0, 0.1) is 24.1 Å². The summed E-state index contributed by atoms with van der Waals surface area (Å²) in [6.07, 6.45) is 0. The number of hydrogen-bond donors (Lipinski definition) is 2. The minimum Gasteiger partial charge on any atom is -0.452 e. The van der Waals surface area contributed by atoms with Crippen LogP contribution in [-0.4, -0.2) is 5.78 Å². The van der Waals surface area contributed by atoms with E-state index in [2.05, 4.69) is 0 Å². The number of anilines is 2. The molecule has 0 spiro atoms. The molecule has 0 aliphatic rings. The van der Waals surface area contributed by atoms with Gasteiger partial charge in [-0.1, -0.05) is 0 Å². The van der Waals surface area contributed by atoms with Crippen LogP contribution >= 0.6 is 0 Å². The number of Topliss-reactive ketones (excluding diaryl/α,β-unsaturated/α-hetero) is 1. The first-order chi connectivity index (χ1) is 10.4. The van der Waals surface area contributed by atoms with Crippen molar-refractivity contribution < 1.29 is 13.9 Å². The van der Waals surface area contributed by atoms with E-state index < -0.39 is 5.82 Å². The van der Waals surface area contributed by atoms with Crippen molar-refractivity contribution in [3.05, 3.63) is 46.8 Å². The second kappa shape index (κ2) is 5.74. The quantitative estimate of drug-likeness (QED) is 0.669. The maximum Gasteiger partial charge on any atom is 0.182 e. The van der Waals surface area contributed by atoms with Gasteiger partial charge in [-0.05, 0) is 38.1 Å². The summed E-state index contributed by atoms with van der Waals surface area (Å²) in [4.78, 5) is 11.7. The molecule has 0 aliphatic heterocycles. The van der Waals surface area contributed by atoms with E-state index in [1.165, 1.54) is 25.1 Å². The number of carbonyl (C=O) groups is 1. The monoisotopic (exact) mass is 299 g/mol. The zero-order valence-corrected chi connectivity index (χ0v) is 12.1. The SMILES string of the molecule is CC(=O)c1c(N)ccc(Oc2c(F)ccc(N)c2C#N)c1C. The average molecular weight is 299 g/mol. The summed E-state index contributed by atoms with van der Waals surface area (Å²) in [5.74, 6) is -0.981. The highest BCUT2D eigenvalue weighted by molar-refractivity contribution is 6.01. The number of ether oxygens (including phenoxy) is 1. The molecule has 0 aromatic heterocycles. The lowest BCUT2D eigenvalue weighted by molar-refractivity contribution is 0.101. The fourth-order valence-electron chi connectivity index (χ4n) is 2.19. The van der Waals surface area contributed by atoms with Crippen LogP contribution in [-0.2, 0) is 0 Å². The fraction of sp³-hybridized carbons (Fsp3) is 0.125. The Morgan fingerprint density at radius 2 is 1.86 bits per heavy atom. The summed E-state index contributed by atoms with van der Waals surface area (Å²) in [5, 5.41) is 9.11. The highest BCUT2D eigenvalue weighted by Crippen LogP contribution is 2.35. The highest BCUT2D eigenvalue weighted by atomic mass is 19.1. The van der Waals surface area contributed by atoms with E-state index in [4.69, 9.17) is 21.5 Å². The molecular formula is C16H14FN3O2. The molecule has 5 nitrogen and oxygen atoms in total. The molecule has 0 bridgehead atoms. The first-order valence-electron chi connectivity index (χ1n) is 6.42. The van der Waals surface area contributed by atoms with Crippen LogP contribution in [0.15, 0.2) is 24.3 Å². The van der Waals surface area contributed by atoms with Crippen LogP contribution in [0.4, 0.5) is 15.8 Å². The summed E-state index contributed by atoms with van der Waals surface area (Å²) >= 11 is 0. The van der Waals surface area contributed by atoms with Gasteiger partial charge in [0, 0.05) is 16.8 Å². The molecule has 112 valence electrons. The molecule has 0 unspecified atom stereocenters. The van der Waals surface area contributed by atoms with E-state index in [1.54, 1.807) is 6.92 Å². The second-order valence-electron chi connectivity index (χ2n) is 4.76. The number of nitrogen functional groups attached to an aromatic ring is 2. The summed E-state index contributed by atoms with van der Waals surface area (Å²) in [5.41, 5.74) is 12.5. The number of nitrogens with zero attached hydrogens (tertiary/aromatic N) is 1. The molecule has 0 atom stereocenters. The Hall–Kier alpha value is -3.07. The summed E-state index contributed by atoms with van der Waals surface area (Å²) in [7, 11) is 0. The first-order valence-corrected chi connectivity index (χ1v) is 6.42. The van der Waals surface area contributed by atoms with Gasteiger partial charge in [0.25, 0.3) is 0 Å². The third-order valence-electron chi connectivity index (χ3n) is 3.27. The van der Waals surface area contributed by atoms with Gasteiger partial charge in [-0.3, -0.25) is 4.79 Å². The van der Waals surface area contributed by atoms with Crippen molar-refractivity contribution in [3.8, 4) is 17.6 Å². The molecule has 22 heavy (non-hydrogen) atoms. The van der Waals surface area contributed by atoms with Gasteiger partial charge in [0.05, 0.1) is 5.69 Å². The van der Waals surface area contributed by atoms with Crippen molar-refractivity contribution in [3.63, 3.8) is 0 Å². The van der Waals surface area contributed by atoms with Crippen LogP contribution in [0.5, 0.6) is 11.5 Å². The predicted molar refractivity (Wildman–Crippen MR) is 81.2 cm³/mol. The van der Waals surface area contributed by atoms with E-state index >= 15 is 0 Å². The Labute approximate surface area is 126 Å². The molecule has 0 heterocycles. The minimum atomic E-state index is -0.716. The van der Waals surface area contributed by atoms with Gasteiger partial charge < -0.3 is 16.2 Å². The van der Waals surface area contributed by atoms with Gasteiger partial charge in [-0.15, -0.1) is 0 Å². The third-order valence-corrected chi connectivity index (χ3v) is 3.27. The maximum absolute atomic E-state index is 13.9. The Bertz CT molecular complexity index is 810. The number of nitriles is 1. The number of benzene rings is 2. The van der Waals surface area contributed by atoms with Crippen molar-refractivity contribution >= 4 is 17.2 Å². The number of halogens is 1. The average Bonchev–Trinajstić information content (AvgIpc) is 2.45. The molecule has 0 aliphatic carbocycles. The van der Waals surface area contributed by atoms with Crippen molar-refractivity contribution in [2.24, 2.45) is 0 Å². The topological polar surface area (TPSA) is 102 Å². The number of rotatable bonds is 3. The largest absolute Gasteiger partial charge is 0.452 e. The molecule has 2 rings (SSSR count). The zero-order valence-electron chi connectivity index (χ0n) is 12.1. The Morgan fingerprint density at radius 3 is 2.45 bits per heavy atom. The number of carbonyl (C=O) groups excluding carboxylic acids is 1. The van der Waals surface area contributed by atoms with E-state index in [9.17, 15) is 9.18 Å². The summed E-state index contributed by atoms with van der Waals surface area (Å²) < 4.78 is 19.5. The Kier molecular flexibility index (Phi) is 4.00. The van der Waals surface area contributed by atoms with Gasteiger partial charge in [0.1, 0.15) is 17.4 Å². The smallest absolute Gasteiger partial charge is 0.182 e. The van der Waals surface area contributed by atoms with Crippen molar-refractivity contribution in [2.45, 2.75) is 13.8 Å². The maximum atomic E-state index is 13.9. The van der Waals surface area contributed by atoms with Gasteiger partial charge in [-0.25, -0.2) is 4.39 Å². The summed E-state index contributed by atoms with van der Waals surface area (Å²) in [6.45, 7) is 3.02. The molecular weight excluding hydrogens is 285 g/mol. The first kappa shape index (κ1) is 15.3. The minimum absolute atomic E-state index is 0.0967. The van der Waals surface area contributed by atoms with E-state index in [0.717, 1.165) is 6.07 Å². The zero-order chi connectivity index (χ0) is 16.4. The molecule has 0 radical (unpaired) electrons. The van der Waals surface area contributed by atoms with Crippen LogP contribution in [0.25, 0.3) is 0 Å². The second-order valence-corrected chi connectivity index (χ2v) is 4.76. The number of nitrogens with two attached hydrogens (primary N) is 2. The molecule has 0 fully saturated rings. The molecule has 2 aromatic rings. The fourth-order valence-corrected chi connectivity index (χ4v) is 2.19. The van der Waals surface area contributed by atoms with E-state index in [0.29, 0.717) is 16.8 Å². The van der Waals surface area contributed by atoms with Crippen LogP contribution < -0.4 is 16.2 Å². The number of hydrogen-bond acceptors (Lipinski definition) is 5. The van der Waals surface area contributed by atoms with Gasteiger partial charge in [-0.2, -0.15) is 5.26 Å². The van der Waals surface area contributed by atoms with Crippen molar-refractivity contribution in [1.29, 1.82) is 5.26 Å². The predicted octanol–water partition coefficient (Wildman–Crippen LogP) is 3.17. The van der Waals surface area contributed by atoms with Crippen LogP contribution in [0.1, 0.15) is 28.4 Å². The molecule has 0 amide bonds. The standard InChI is InChI=1S/C16H14FN3O2/c1-8-14(6-5-13(20)15(8)9(2)21)22-16-10(7-18)12(19)4-3-11(16)17/h3-6H,19-20H2,1-2H3. The number of ketones is 1. The van der Waals surface area contributed by atoms with Crippen molar-refractivity contribution in [1.82, 2.24) is 0 Å². The van der Waals surface area contributed by atoms with Crippen molar-refractivity contribution in [2.75, 3.05) is 11.5 Å². The highest BCUT2D eigenvalue weighted by Gasteiger charge is 2.18. The van der Waals surface area contributed by atoms with E-state index in [1.807, 2.05) is 6.07 Å². The van der Waals surface area contributed by atoms with Gasteiger partial charge in [0.15, 0.2) is 17.3 Å². The Morgan fingerprint density at radius 1 is 1.23 bits per heavy atom. The van der Waals surface area contributed by atoms with Crippen LogP contribution in [0.3, 0.4) is 0 Å². The lowest BCUT2D eigenvalue weighted by Crippen LogP contribution is -2.05. The van der Waals surface area contributed by atoms with E-state index in [-0.39, 0.29) is 28.5 Å². The molecule has 0 saturated heterocycles. The molecule has 4 N–H and O–H groups in total. The van der Waals surface area contributed by atoms with Gasteiger partial charge in [0.2, 0.25) is 0 Å². The summed E-state index contributed by atoms with van der Waals surface area (Å²) in [6, 6.07) is 7.23. The molecule has 2 aromatic carbocycles. The lowest BCUT2D eigenvalue weighted by atomic mass is 10.0. The van der Waals surface area contributed by atoms with Crippen LogP contribution in [0.2, 0.25) is 0 Å². The Balaban J connectivity index is 2.59. The third kappa shape index (κ3) is 2.56. The molecule has 6 heteroatoms.